The average Bonchev–Trinajstić information content (AvgIpc) is 1.98. The second-order valence-corrected chi connectivity index (χ2v) is 1.97. The van der Waals surface area contributed by atoms with E-state index in [-0.39, 0.29) is 0 Å². The Hall–Kier alpha value is -0.610. The number of hydrogen-bond acceptors (Lipinski definition) is 4. The summed E-state index contributed by atoms with van der Waals surface area (Å²) in [5.41, 5.74) is 5.16. The van der Waals surface area contributed by atoms with E-state index in [2.05, 4.69) is 4.74 Å². The Bertz CT molecular complexity index is 105. The highest BCUT2D eigenvalue weighted by atomic mass is 16.5. The lowest BCUT2D eigenvalue weighted by molar-refractivity contribution is -0.150. The summed E-state index contributed by atoms with van der Waals surface area (Å²) < 4.78 is 4.28. The molecule has 0 aromatic heterocycles. The van der Waals surface area contributed by atoms with E-state index in [1.54, 1.807) is 0 Å². The fraction of sp³-hybridized carbons (Fsp3) is 0.833. The molecule has 0 saturated carbocycles. The van der Waals surface area contributed by atoms with Crippen LogP contribution in [-0.4, -0.2) is 30.8 Å². The zero-order chi connectivity index (χ0) is 7.98. The number of ether oxygens (including phenoxy) is 1. The van der Waals surface area contributed by atoms with Gasteiger partial charge in [0.2, 0.25) is 0 Å². The van der Waals surface area contributed by atoms with Crippen molar-refractivity contribution in [3.8, 4) is 0 Å². The number of nitrogens with two attached hydrogens (primary N) is 1. The van der Waals surface area contributed by atoms with Gasteiger partial charge in [-0.25, -0.2) is 4.79 Å². The van der Waals surface area contributed by atoms with Crippen LogP contribution in [0.3, 0.4) is 0 Å². The minimum absolute atomic E-state index is 0.378. The first-order valence-corrected chi connectivity index (χ1v) is 3.18. The first-order chi connectivity index (χ1) is 4.72. The second kappa shape index (κ2) is 5.20. The van der Waals surface area contributed by atoms with Gasteiger partial charge in [0.15, 0.2) is 6.10 Å². The van der Waals surface area contributed by atoms with Crippen LogP contribution in [0.2, 0.25) is 0 Å². The van der Waals surface area contributed by atoms with Crippen LogP contribution in [0.5, 0.6) is 0 Å². The Balaban J connectivity index is 3.41. The molecule has 0 bridgehead atoms. The van der Waals surface area contributed by atoms with E-state index in [0.29, 0.717) is 19.4 Å². The molecule has 4 heteroatoms. The number of hydrogen-bond donors (Lipinski definition) is 2. The zero-order valence-corrected chi connectivity index (χ0v) is 6.04. The van der Waals surface area contributed by atoms with E-state index in [1.165, 1.54) is 7.11 Å². The van der Waals surface area contributed by atoms with E-state index in [0.717, 1.165) is 0 Å². The average molecular weight is 147 g/mol. The third-order valence-electron chi connectivity index (χ3n) is 1.15. The first-order valence-electron chi connectivity index (χ1n) is 3.18. The molecule has 0 aliphatic rings. The Kier molecular flexibility index (Phi) is 4.88. The van der Waals surface area contributed by atoms with E-state index in [4.69, 9.17) is 10.8 Å². The molecular weight excluding hydrogens is 134 g/mol. The minimum atomic E-state index is -1.01. The number of rotatable bonds is 4. The number of methoxy groups -OCH3 is 1. The molecule has 0 aromatic rings. The molecule has 1 atom stereocenters. The highest BCUT2D eigenvalue weighted by Crippen LogP contribution is 1.96. The molecule has 0 aliphatic carbocycles. The third kappa shape index (κ3) is 3.42. The van der Waals surface area contributed by atoms with Crippen molar-refractivity contribution in [1.82, 2.24) is 0 Å². The molecule has 1 unspecified atom stereocenters. The van der Waals surface area contributed by atoms with Crippen molar-refractivity contribution < 1.29 is 14.6 Å². The van der Waals surface area contributed by atoms with Crippen LogP contribution in [-0.2, 0) is 9.53 Å². The molecule has 0 aliphatic heterocycles. The fourth-order valence-corrected chi connectivity index (χ4v) is 0.565. The monoisotopic (exact) mass is 147 g/mol. The standard InChI is InChI=1S/C6H13NO3/c1-10-6(9)5(8)3-2-4-7/h5,8H,2-4,7H2,1H3. The minimum Gasteiger partial charge on any atom is -0.467 e. The van der Waals surface area contributed by atoms with Gasteiger partial charge in [-0.3, -0.25) is 0 Å². The van der Waals surface area contributed by atoms with Crippen LogP contribution in [0, 0.1) is 0 Å². The van der Waals surface area contributed by atoms with E-state index in [9.17, 15) is 4.79 Å². The Morgan fingerprint density at radius 3 is 2.80 bits per heavy atom. The van der Waals surface area contributed by atoms with Crippen LogP contribution in [0.25, 0.3) is 0 Å². The number of aliphatic hydroxyl groups is 1. The van der Waals surface area contributed by atoms with Crippen molar-refractivity contribution in [3.63, 3.8) is 0 Å². The highest BCUT2D eigenvalue weighted by Gasteiger charge is 2.13. The van der Waals surface area contributed by atoms with Gasteiger partial charge in [-0.05, 0) is 19.4 Å². The van der Waals surface area contributed by atoms with Crippen LogP contribution in [0.1, 0.15) is 12.8 Å². The van der Waals surface area contributed by atoms with Gasteiger partial charge < -0.3 is 15.6 Å². The topological polar surface area (TPSA) is 72.5 Å². The lowest BCUT2D eigenvalue weighted by Crippen LogP contribution is -2.22. The first kappa shape index (κ1) is 9.39. The molecule has 0 aromatic carbocycles. The summed E-state index contributed by atoms with van der Waals surface area (Å²) in [7, 11) is 1.24. The number of aliphatic hydroxyl groups excluding tert-OH is 1. The number of esters is 1. The largest absolute Gasteiger partial charge is 0.467 e. The summed E-state index contributed by atoms with van der Waals surface area (Å²) in [6.45, 7) is 0.480. The molecule has 0 rings (SSSR count). The Morgan fingerprint density at radius 2 is 2.40 bits per heavy atom. The second-order valence-electron chi connectivity index (χ2n) is 1.97. The van der Waals surface area contributed by atoms with Gasteiger partial charge in [-0.2, -0.15) is 0 Å². The molecule has 0 saturated heterocycles. The molecular formula is C6H13NO3. The normalized spacial score (nSPS) is 12.7. The summed E-state index contributed by atoms with van der Waals surface area (Å²) in [5.74, 6) is -0.589. The summed E-state index contributed by atoms with van der Waals surface area (Å²) >= 11 is 0. The summed E-state index contributed by atoms with van der Waals surface area (Å²) in [4.78, 5) is 10.5. The molecule has 0 amide bonds. The highest BCUT2D eigenvalue weighted by molar-refractivity contribution is 5.74. The Morgan fingerprint density at radius 1 is 1.80 bits per heavy atom. The zero-order valence-electron chi connectivity index (χ0n) is 6.04. The van der Waals surface area contributed by atoms with Crippen LogP contribution >= 0.6 is 0 Å². The van der Waals surface area contributed by atoms with Crippen molar-refractivity contribution in [2.75, 3.05) is 13.7 Å². The molecule has 0 fully saturated rings. The van der Waals surface area contributed by atoms with Gasteiger partial charge in [-0.15, -0.1) is 0 Å². The predicted octanol–water partition coefficient (Wildman–Crippen LogP) is -0.741. The third-order valence-corrected chi connectivity index (χ3v) is 1.15. The number of carbonyl (C=O) groups excluding carboxylic acids is 1. The SMILES string of the molecule is COC(=O)C(O)CCCN. The molecule has 4 nitrogen and oxygen atoms in total. The lowest BCUT2D eigenvalue weighted by Gasteiger charge is -2.05. The Labute approximate surface area is 60.0 Å². The fourth-order valence-electron chi connectivity index (χ4n) is 0.565. The molecule has 10 heavy (non-hydrogen) atoms. The maximum atomic E-state index is 10.5. The van der Waals surface area contributed by atoms with Crippen molar-refractivity contribution >= 4 is 5.97 Å². The van der Waals surface area contributed by atoms with Crippen molar-refractivity contribution in [1.29, 1.82) is 0 Å². The van der Waals surface area contributed by atoms with Gasteiger partial charge in [0.25, 0.3) is 0 Å². The van der Waals surface area contributed by atoms with Crippen LogP contribution in [0.15, 0.2) is 0 Å². The van der Waals surface area contributed by atoms with Gasteiger partial charge in [-0.1, -0.05) is 0 Å². The molecule has 0 heterocycles. The van der Waals surface area contributed by atoms with E-state index < -0.39 is 12.1 Å². The maximum absolute atomic E-state index is 10.5. The maximum Gasteiger partial charge on any atom is 0.334 e. The molecule has 0 radical (unpaired) electrons. The summed E-state index contributed by atoms with van der Waals surface area (Å²) in [6.07, 6.45) is 0.00736. The smallest absolute Gasteiger partial charge is 0.334 e. The summed E-state index contributed by atoms with van der Waals surface area (Å²) in [6, 6.07) is 0. The van der Waals surface area contributed by atoms with Crippen LogP contribution in [0.4, 0.5) is 0 Å². The van der Waals surface area contributed by atoms with Crippen molar-refractivity contribution in [2.24, 2.45) is 5.73 Å². The van der Waals surface area contributed by atoms with Crippen molar-refractivity contribution in [2.45, 2.75) is 18.9 Å². The van der Waals surface area contributed by atoms with E-state index >= 15 is 0 Å². The predicted molar refractivity (Wildman–Crippen MR) is 36.3 cm³/mol. The number of carbonyl (C=O) groups is 1. The van der Waals surface area contributed by atoms with Crippen LogP contribution < -0.4 is 5.73 Å². The van der Waals surface area contributed by atoms with Gasteiger partial charge in [0, 0.05) is 0 Å². The lowest BCUT2D eigenvalue weighted by atomic mass is 10.2. The van der Waals surface area contributed by atoms with Gasteiger partial charge >= 0.3 is 5.97 Å². The van der Waals surface area contributed by atoms with E-state index in [1.807, 2.05) is 0 Å². The molecule has 3 N–H and O–H groups in total. The summed E-state index contributed by atoms with van der Waals surface area (Å²) in [5, 5.41) is 8.92. The molecule has 0 spiro atoms. The molecule has 60 valence electrons. The van der Waals surface area contributed by atoms with Gasteiger partial charge in [0.1, 0.15) is 0 Å². The van der Waals surface area contributed by atoms with Gasteiger partial charge in [0.05, 0.1) is 7.11 Å². The van der Waals surface area contributed by atoms with Crippen molar-refractivity contribution in [3.05, 3.63) is 0 Å². The quantitative estimate of drug-likeness (QED) is 0.514.